The summed E-state index contributed by atoms with van der Waals surface area (Å²) in [4.78, 5) is 1.49. The lowest BCUT2D eigenvalue weighted by Crippen LogP contribution is -2.48. The highest BCUT2D eigenvalue weighted by Crippen LogP contribution is 2.19. The number of nitrogens with one attached hydrogen (secondary N) is 1. The third-order valence-corrected chi connectivity index (χ3v) is 2.93. The van der Waals surface area contributed by atoms with Crippen LogP contribution >= 0.6 is 0 Å². The van der Waals surface area contributed by atoms with E-state index in [2.05, 4.69) is 19.2 Å². The van der Waals surface area contributed by atoms with Gasteiger partial charge in [-0.1, -0.05) is 13.8 Å². The topological polar surface area (TPSA) is 15.3 Å². The molecule has 0 rings (SSSR count). The van der Waals surface area contributed by atoms with E-state index < -0.39 is 12.7 Å². The Kier molecular flexibility index (Phi) is 7.87. The Bertz CT molecular complexity index is 215. The van der Waals surface area contributed by atoms with Crippen LogP contribution in [0.5, 0.6) is 0 Å². The van der Waals surface area contributed by atoms with Crippen molar-refractivity contribution in [3.8, 4) is 0 Å². The van der Waals surface area contributed by atoms with E-state index in [0.717, 1.165) is 13.0 Å². The Morgan fingerprint density at radius 3 is 2.00 bits per heavy atom. The van der Waals surface area contributed by atoms with Crippen molar-refractivity contribution < 1.29 is 13.2 Å². The number of hydrogen-bond donors (Lipinski definition) is 1. The summed E-state index contributed by atoms with van der Waals surface area (Å²) < 4.78 is 37.4. The molecule has 18 heavy (non-hydrogen) atoms. The summed E-state index contributed by atoms with van der Waals surface area (Å²) in [5.74, 6) is 0.615. The lowest BCUT2D eigenvalue weighted by molar-refractivity contribution is -0.154. The van der Waals surface area contributed by atoms with E-state index >= 15 is 0 Å². The summed E-state index contributed by atoms with van der Waals surface area (Å²) in [5.41, 5.74) is 0. The van der Waals surface area contributed by atoms with E-state index in [4.69, 9.17) is 0 Å². The van der Waals surface area contributed by atoms with Gasteiger partial charge >= 0.3 is 6.18 Å². The first-order valence-corrected chi connectivity index (χ1v) is 6.66. The number of halogens is 3. The highest BCUT2D eigenvalue weighted by Gasteiger charge is 2.33. The van der Waals surface area contributed by atoms with Crippen LogP contribution in [0.15, 0.2) is 0 Å². The highest BCUT2D eigenvalue weighted by molar-refractivity contribution is 4.75. The fourth-order valence-corrected chi connectivity index (χ4v) is 1.87. The van der Waals surface area contributed by atoms with Gasteiger partial charge in [0.2, 0.25) is 0 Å². The summed E-state index contributed by atoms with van der Waals surface area (Å²) in [6.07, 6.45) is -3.08. The summed E-state index contributed by atoms with van der Waals surface area (Å²) in [7, 11) is 0. The van der Waals surface area contributed by atoms with Crippen LogP contribution in [0.1, 0.15) is 41.0 Å². The fraction of sp³-hybridized carbons (Fsp3) is 1.00. The van der Waals surface area contributed by atoms with Gasteiger partial charge in [-0.25, -0.2) is 0 Å². The van der Waals surface area contributed by atoms with Gasteiger partial charge in [0.25, 0.3) is 0 Å². The first-order chi connectivity index (χ1) is 8.13. The zero-order chi connectivity index (χ0) is 14.3. The molecular weight excluding hydrogens is 241 g/mol. The van der Waals surface area contributed by atoms with E-state index in [0.29, 0.717) is 12.5 Å². The van der Waals surface area contributed by atoms with Gasteiger partial charge in [0.15, 0.2) is 0 Å². The van der Waals surface area contributed by atoms with Crippen molar-refractivity contribution in [1.82, 2.24) is 10.2 Å². The van der Waals surface area contributed by atoms with Crippen molar-refractivity contribution in [1.29, 1.82) is 0 Å². The van der Waals surface area contributed by atoms with Gasteiger partial charge in [-0.05, 0) is 39.7 Å². The van der Waals surface area contributed by atoms with Crippen LogP contribution in [-0.2, 0) is 0 Å². The molecule has 0 saturated heterocycles. The van der Waals surface area contributed by atoms with Crippen molar-refractivity contribution in [2.75, 3.05) is 19.6 Å². The molecule has 0 bridgehead atoms. The number of alkyl halides is 3. The first kappa shape index (κ1) is 17.7. The van der Waals surface area contributed by atoms with Crippen LogP contribution in [0, 0.1) is 5.92 Å². The number of nitrogens with zero attached hydrogens (tertiary/aromatic N) is 1. The maximum Gasteiger partial charge on any atom is 0.401 e. The molecule has 0 aliphatic heterocycles. The molecule has 0 aliphatic rings. The van der Waals surface area contributed by atoms with Crippen LogP contribution in [0.2, 0.25) is 0 Å². The summed E-state index contributed by atoms with van der Waals surface area (Å²) in [5, 5.41) is 3.23. The van der Waals surface area contributed by atoms with Crippen molar-refractivity contribution in [3.05, 3.63) is 0 Å². The van der Waals surface area contributed by atoms with Gasteiger partial charge in [0, 0.05) is 18.6 Å². The van der Waals surface area contributed by atoms with Gasteiger partial charge in [0.1, 0.15) is 0 Å². The molecule has 1 unspecified atom stereocenters. The van der Waals surface area contributed by atoms with Crippen molar-refractivity contribution in [2.24, 2.45) is 5.92 Å². The Morgan fingerprint density at radius 2 is 1.61 bits per heavy atom. The molecule has 0 radical (unpaired) electrons. The lowest BCUT2D eigenvalue weighted by Gasteiger charge is -2.33. The molecule has 110 valence electrons. The summed E-state index contributed by atoms with van der Waals surface area (Å²) in [6, 6.07) is -0.215. The third-order valence-electron chi connectivity index (χ3n) is 2.93. The second-order valence-electron chi connectivity index (χ2n) is 5.62. The number of hydrogen-bond acceptors (Lipinski definition) is 2. The minimum Gasteiger partial charge on any atom is -0.315 e. The monoisotopic (exact) mass is 268 g/mol. The maximum absolute atomic E-state index is 12.5. The molecule has 2 nitrogen and oxygen atoms in total. The second kappa shape index (κ2) is 8.00. The minimum atomic E-state index is -4.13. The fourth-order valence-electron chi connectivity index (χ4n) is 1.87. The smallest absolute Gasteiger partial charge is 0.315 e. The van der Waals surface area contributed by atoms with E-state index in [1.807, 2.05) is 6.92 Å². The SMILES string of the molecule is CC(C)CCNCC(C)N(CC(F)(F)F)C(C)C. The summed E-state index contributed by atoms with van der Waals surface area (Å²) in [6.45, 7) is 10.3. The molecule has 0 aliphatic carbocycles. The third kappa shape index (κ3) is 8.75. The average Bonchev–Trinajstić information content (AvgIpc) is 2.18. The molecule has 0 heterocycles. The largest absolute Gasteiger partial charge is 0.401 e. The standard InChI is InChI=1S/C13H27F3N2/c1-10(2)6-7-17-8-12(5)18(11(3)4)9-13(14,15)16/h10-12,17H,6-9H2,1-5H3. The van der Waals surface area contributed by atoms with Gasteiger partial charge in [-0.3, -0.25) is 4.90 Å². The van der Waals surface area contributed by atoms with Gasteiger partial charge in [-0.15, -0.1) is 0 Å². The van der Waals surface area contributed by atoms with Gasteiger partial charge in [0.05, 0.1) is 6.54 Å². The van der Waals surface area contributed by atoms with Crippen molar-refractivity contribution in [3.63, 3.8) is 0 Å². The van der Waals surface area contributed by atoms with Crippen molar-refractivity contribution in [2.45, 2.75) is 59.3 Å². The Balaban J connectivity index is 4.11. The maximum atomic E-state index is 12.5. The normalized spacial score (nSPS) is 14.8. The predicted molar refractivity (Wildman–Crippen MR) is 69.7 cm³/mol. The predicted octanol–water partition coefficient (Wildman–Crippen LogP) is 3.28. The molecule has 0 amide bonds. The van der Waals surface area contributed by atoms with Gasteiger partial charge in [-0.2, -0.15) is 13.2 Å². The molecule has 1 N–H and O–H groups in total. The van der Waals surface area contributed by atoms with E-state index in [-0.39, 0.29) is 12.1 Å². The number of rotatable bonds is 8. The summed E-state index contributed by atoms with van der Waals surface area (Å²) >= 11 is 0. The molecule has 0 aromatic rings. The molecule has 5 heteroatoms. The van der Waals surface area contributed by atoms with Crippen LogP contribution in [0.3, 0.4) is 0 Å². The van der Waals surface area contributed by atoms with Crippen LogP contribution < -0.4 is 5.32 Å². The van der Waals surface area contributed by atoms with E-state index in [1.165, 1.54) is 4.90 Å². The molecule has 0 aromatic carbocycles. The molecule has 0 spiro atoms. The highest BCUT2D eigenvalue weighted by atomic mass is 19.4. The second-order valence-corrected chi connectivity index (χ2v) is 5.62. The first-order valence-electron chi connectivity index (χ1n) is 6.66. The minimum absolute atomic E-state index is 0.103. The van der Waals surface area contributed by atoms with E-state index in [1.54, 1.807) is 13.8 Å². The molecular formula is C13H27F3N2. The average molecular weight is 268 g/mol. The Hall–Kier alpha value is -0.290. The Morgan fingerprint density at radius 1 is 1.06 bits per heavy atom. The van der Waals surface area contributed by atoms with Crippen LogP contribution in [-0.4, -0.2) is 42.8 Å². The van der Waals surface area contributed by atoms with Crippen LogP contribution in [0.4, 0.5) is 13.2 Å². The van der Waals surface area contributed by atoms with Crippen molar-refractivity contribution >= 4 is 0 Å². The van der Waals surface area contributed by atoms with Crippen LogP contribution in [0.25, 0.3) is 0 Å². The zero-order valence-electron chi connectivity index (χ0n) is 12.1. The Labute approximate surface area is 109 Å². The van der Waals surface area contributed by atoms with Gasteiger partial charge < -0.3 is 5.32 Å². The molecule has 1 atom stereocenters. The zero-order valence-corrected chi connectivity index (χ0v) is 12.1. The molecule has 0 saturated carbocycles. The molecule has 0 aromatic heterocycles. The quantitative estimate of drug-likeness (QED) is 0.680. The lowest BCUT2D eigenvalue weighted by atomic mass is 10.1. The van der Waals surface area contributed by atoms with E-state index in [9.17, 15) is 13.2 Å². The molecule has 0 fully saturated rings.